The van der Waals surface area contributed by atoms with Crippen molar-refractivity contribution in [3.05, 3.63) is 53.1 Å². The van der Waals surface area contributed by atoms with Crippen molar-refractivity contribution < 1.29 is 30.0 Å². The van der Waals surface area contributed by atoms with Gasteiger partial charge in [0.05, 0.1) is 15.5 Å². The number of benzene rings is 2. The van der Waals surface area contributed by atoms with Crippen molar-refractivity contribution in [3.8, 4) is 0 Å². The van der Waals surface area contributed by atoms with Crippen LogP contribution in [0.25, 0.3) is 0 Å². The lowest BCUT2D eigenvalue weighted by Crippen LogP contribution is -2.22. The summed E-state index contributed by atoms with van der Waals surface area (Å²) in [6, 6.07) is 6.62. The number of rotatable bonds is 5. The van der Waals surface area contributed by atoms with Crippen molar-refractivity contribution in [1.82, 2.24) is 4.31 Å². The van der Waals surface area contributed by atoms with Crippen molar-refractivity contribution >= 4 is 37.3 Å². The monoisotopic (exact) mass is 442 g/mol. The Labute approximate surface area is 159 Å². The number of alkyl halides is 3. The van der Waals surface area contributed by atoms with Crippen LogP contribution in [-0.4, -0.2) is 35.2 Å². The fourth-order valence-corrected chi connectivity index (χ4v) is 4.49. The van der Waals surface area contributed by atoms with Gasteiger partial charge in [-0.2, -0.15) is 13.2 Å². The number of anilines is 1. The molecule has 0 aromatic heterocycles. The minimum absolute atomic E-state index is 0.0406. The minimum Gasteiger partial charge on any atom is -0.280 e. The normalized spacial score (nSPS) is 13.0. The molecule has 2 aromatic rings. The zero-order chi connectivity index (χ0) is 20.6. The maximum Gasteiger partial charge on any atom is 0.416 e. The molecular formula is C15H14ClF3N2O4S2. The molecule has 0 spiro atoms. The third-order valence-electron chi connectivity index (χ3n) is 3.43. The minimum atomic E-state index is -4.74. The van der Waals surface area contributed by atoms with Gasteiger partial charge in [0.15, 0.2) is 0 Å². The third kappa shape index (κ3) is 4.72. The van der Waals surface area contributed by atoms with E-state index in [9.17, 15) is 30.0 Å². The summed E-state index contributed by atoms with van der Waals surface area (Å²) >= 11 is 5.75. The Morgan fingerprint density at radius 2 is 1.52 bits per heavy atom. The third-order valence-corrected chi connectivity index (χ3v) is 7.13. The van der Waals surface area contributed by atoms with Gasteiger partial charge >= 0.3 is 6.18 Å². The van der Waals surface area contributed by atoms with Crippen LogP contribution in [0.5, 0.6) is 0 Å². The molecule has 2 aromatic carbocycles. The first kappa shape index (κ1) is 21.5. The van der Waals surface area contributed by atoms with Gasteiger partial charge in [-0.05, 0) is 42.5 Å². The topological polar surface area (TPSA) is 83.6 Å². The van der Waals surface area contributed by atoms with Crippen LogP contribution in [0.4, 0.5) is 18.9 Å². The molecule has 6 nitrogen and oxygen atoms in total. The summed E-state index contributed by atoms with van der Waals surface area (Å²) in [4.78, 5) is -0.823. The van der Waals surface area contributed by atoms with E-state index in [1.807, 2.05) is 0 Å². The maximum absolute atomic E-state index is 12.8. The van der Waals surface area contributed by atoms with E-state index in [2.05, 4.69) is 4.72 Å². The predicted octanol–water partition coefficient (Wildman–Crippen LogP) is 3.41. The van der Waals surface area contributed by atoms with Crippen molar-refractivity contribution in [3.63, 3.8) is 0 Å². The smallest absolute Gasteiger partial charge is 0.280 e. The van der Waals surface area contributed by atoms with E-state index in [1.165, 1.54) is 38.4 Å². The van der Waals surface area contributed by atoms with E-state index in [-0.39, 0.29) is 15.6 Å². The van der Waals surface area contributed by atoms with Gasteiger partial charge < -0.3 is 0 Å². The lowest BCUT2D eigenvalue weighted by Gasteiger charge is -2.14. The summed E-state index contributed by atoms with van der Waals surface area (Å²) in [5.74, 6) is 0. The average Bonchev–Trinajstić information content (AvgIpc) is 2.54. The molecule has 12 heteroatoms. The number of sulfonamides is 2. The Morgan fingerprint density at radius 1 is 0.963 bits per heavy atom. The molecule has 1 N–H and O–H groups in total. The Bertz CT molecular complexity index is 1050. The summed E-state index contributed by atoms with van der Waals surface area (Å²) in [5, 5.41) is -0.387. The van der Waals surface area contributed by atoms with Crippen LogP contribution in [0, 0.1) is 0 Å². The molecule has 0 unspecified atom stereocenters. The van der Waals surface area contributed by atoms with Crippen LogP contribution in [0.15, 0.2) is 52.3 Å². The molecule has 0 aliphatic heterocycles. The molecule has 0 aliphatic rings. The summed E-state index contributed by atoms with van der Waals surface area (Å²) < 4.78 is 90.3. The fraction of sp³-hybridized carbons (Fsp3) is 0.200. The molecule has 0 saturated heterocycles. The van der Waals surface area contributed by atoms with Crippen LogP contribution in [-0.2, 0) is 26.2 Å². The maximum atomic E-state index is 12.8. The molecule has 148 valence electrons. The van der Waals surface area contributed by atoms with Gasteiger partial charge in [0.1, 0.15) is 4.90 Å². The summed E-state index contributed by atoms with van der Waals surface area (Å²) in [6.07, 6.45) is -4.74. The van der Waals surface area contributed by atoms with Crippen LogP contribution in [0.2, 0.25) is 5.02 Å². The molecule has 0 bridgehead atoms. The second kappa shape index (κ2) is 7.30. The van der Waals surface area contributed by atoms with E-state index < -0.39 is 36.7 Å². The van der Waals surface area contributed by atoms with Gasteiger partial charge in [-0.15, -0.1) is 0 Å². The second-order valence-electron chi connectivity index (χ2n) is 5.56. The van der Waals surface area contributed by atoms with Gasteiger partial charge in [0, 0.05) is 19.8 Å². The number of hydrogen-bond acceptors (Lipinski definition) is 4. The highest BCUT2D eigenvalue weighted by Crippen LogP contribution is 2.34. The fourth-order valence-electron chi connectivity index (χ4n) is 2.00. The molecule has 0 saturated carbocycles. The van der Waals surface area contributed by atoms with Crippen LogP contribution < -0.4 is 4.72 Å². The molecule has 0 atom stereocenters. The van der Waals surface area contributed by atoms with Gasteiger partial charge in [-0.3, -0.25) is 4.72 Å². The predicted molar refractivity (Wildman–Crippen MR) is 94.6 cm³/mol. The molecular weight excluding hydrogens is 429 g/mol. The number of halogens is 4. The SMILES string of the molecule is CN(C)S(=O)(=O)c1ccc(NS(=O)(=O)c2cc(C(F)(F)F)ccc2Cl)cc1. The van der Waals surface area contributed by atoms with E-state index in [4.69, 9.17) is 11.6 Å². The molecule has 0 fully saturated rings. The van der Waals surface area contributed by atoms with Gasteiger partial charge in [0.25, 0.3) is 10.0 Å². The number of nitrogens with one attached hydrogen (secondary N) is 1. The second-order valence-corrected chi connectivity index (χ2v) is 9.77. The Morgan fingerprint density at radius 3 is 2.00 bits per heavy atom. The van der Waals surface area contributed by atoms with E-state index >= 15 is 0 Å². The van der Waals surface area contributed by atoms with Crippen LogP contribution >= 0.6 is 11.6 Å². The molecule has 27 heavy (non-hydrogen) atoms. The summed E-state index contributed by atoms with van der Waals surface area (Å²) in [6.45, 7) is 0. The molecule has 0 radical (unpaired) electrons. The van der Waals surface area contributed by atoms with Crippen molar-refractivity contribution in [1.29, 1.82) is 0 Å². The van der Waals surface area contributed by atoms with Crippen molar-refractivity contribution in [2.24, 2.45) is 0 Å². The molecule has 0 heterocycles. The highest BCUT2D eigenvalue weighted by atomic mass is 35.5. The number of nitrogens with zero attached hydrogens (tertiary/aromatic N) is 1. The van der Waals surface area contributed by atoms with Gasteiger partial charge in [-0.1, -0.05) is 11.6 Å². The summed E-state index contributed by atoms with van der Waals surface area (Å²) in [7, 11) is -5.47. The van der Waals surface area contributed by atoms with E-state index in [0.717, 1.165) is 10.4 Å². The Balaban J connectivity index is 2.38. The number of hydrogen-bond donors (Lipinski definition) is 1. The molecule has 0 amide bonds. The van der Waals surface area contributed by atoms with E-state index in [1.54, 1.807) is 0 Å². The molecule has 2 rings (SSSR count). The lowest BCUT2D eigenvalue weighted by atomic mass is 10.2. The van der Waals surface area contributed by atoms with Gasteiger partial charge in [-0.25, -0.2) is 21.1 Å². The average molecular weight is 443 g/mol. The first-order valence-corrected chi connectivity index (χ1v) is 10.5. The van der Waals surface area contributed by atoms with Crippen molar-refractivity contribution in [2.75, 3.05) is 18.8 Å². The van der Waals surface area contributed by atoms with Gasteiger partial charge in [0.2, 0.25) is 10.0 Å². The first-order chi connectivity index (χ1) is 12.2. The molecule has 0 aliphatic carbocycles. The Kier molecular flexibility index (Phi) is 5.81. The first-order valence-electron chi connectivity index (χ1n) is 7.17. The largest absolute Gasteiger partial charge is 0.416 e. The van der Waals surface area contributed by atoms with E-state index in [0.29, 0.717) is 12.1 Å². The zero-order valence-corrected chi connectivity index (χ0v) is 16.3. The van der Waals surface area contributed by atoms with Crippen molar-refractivity contribution in [2.45, 2.75) is 16.0 Å². The standard InChI is InChI=1S/C15H14ClF3N2O4S2/c1-21(2)27(24,25)12-6-4-11(5-7-12)20-26(22,23)14-9-10(15(17,18)19)3-8-13(14)16/h3-9,20H,1-2H3. The highest BCUT2D eigenvalue weighted by molar-refractivity contribution is 7.92. The van der Waals surface area contributed by atoms with Crippen LogP contribution in [0.1, 0.15) is 5.56 Å². The Hall–Kier alpha value is -1.82. The highest BCUT2D eigenvalue weighted by Gasteiger charge is 2.32. The lowest BCUT2D eigenvalue weighted by molar-refractivity contribution is -0.137. The van der Waals surface area contributed by atoms with Crippen LogP contribution in [0.3, 0.4) is 0 Å². The summed E-state index contributed by atoms with van der Waals surface area (Å²) in [5.41, 5.74) is -1.21. The quantitative estimate of drug-likeness (QED) is 0.769. The zero-order valence-electron chi connectivity index (χ0n) is 14.0.